The van der Waals surface area contributed by atoms with Gasteiger partial charge < -0.3 is 10.3 Å². The summed E-state index contributed by atoms with van der Waals surface area (Å²) in [6.45, 7) is 13.8. The first-order valence-electron chi connectivity index (χ1n) is 8.81. The lowest BCUT2D eigenvalue weighted by atomic mass is 10.0. The number of H-pyrrole nitrogens is 1. The first-order chi connectivity index (χ1) is 12.0. The van der Waals surface area contributed by atoms with Crippen molar-refractivity contribution in [3.8, 4) is 0 Å². The van der Waals surface area contributed by atoms with E-state index in [1.807, 2.05) is 17.7 Å². The summed E-state index contributed by atoms with van der Waals surface area (Å²) >= 11 is 0. The molecule has 2 N–H and O–H groups in total. The summed E-state index contributed by atoms with van der Waals surface area (Å²) in [5.74, 6) is 1.41. The molecule has 1 aromatic carbocycles. The summed E-state index contributed by atoms with van der Waals surface area (Å²) in [7, 11) is 0. The molecule has 0 bridgehead atoms. The fourth-order valence-corrected chi connectivity index (χ4v) is 3.12. The molecule has 2 heterocycles. The molecule has 0 saturated heterocycles. The lowest BCUT2D eigenvalue weighted by Gasteiger charge is -2.20. The van der Waals surface area contributed by atoms with Crippen molar-refractivity contribution >= 4 is 11.0 Å². The monoisotopic (exact) mass is 337 g/mol. The highest BCUT2D eigenvalue weighted by Crippen LogP contribution is 2.23. The Morgan fingerprint density at radius 3 is 2.84 bits per heavy atom. The Balaban J connectivity index is 1.80. The molecule has 2 aromatic heterocycles. The summed E-state index contributed by atoms with van der Waals surface area (Å²) < 4.78 is 1.92. The number of nitrogens with zero attached hydrogens (tertiary/aromatic N) is 3. The molecular weight excluding hydrogens is 310 g/mol. The van der Waals surface area contributed by atoms with Crippen LogP contribution in [0.2, 0.25) is 0 Å². The zero-order valence-electron chi connectivity index (χ0n) is 15.5. The molecule has 0 aliphatic heterocycles. The molecule has 5 nitrogen and oxygen atoms in total. The van der Waals surface area contributed by atoms with E-state index in [9.17, 15) is 0 Å². The topological polar surface area (TPSA) is 58.5 Å². The Morgan fingerprint density at radius 2 is 2.12 bits per heavy atom. The van der Waals surface area contributed by atoms with Crippen LogP contribution in [-0.2, 0) is 13.1 Å². The SMILES string of the molecule is C=CCn1cc(CN[C@H](c2nc3ccc(C)cc3[nH]2)C(C)C)c(C)n1. The Morgan fingerprint density at radius 1 is 1.32 bits per heavy atom. The molecule has 132 valence electrons. The minimum atomic E-state index is 0.162. The first kappa shape index (κ1) is 17.4. The van der Waals surface area contributed by atoms with Gasteiger partial charge in [0, 0.05) is 18.3 Å². The maximum atomic E-state index is 4.79. The molecule has 0 aliphatic rings. The number of aromatic nitrogens is 4. The van der Waals surface area contributed by atoms with Crippen molar-refractivity contribution in [1.82, 2.24) is 25.1 Å². The fourth-order valence-electron chi connectivity index (χ4n) is 3.12. The standard InChI is InChI=1S/C20H27N5/c1-6-9-25-12-16(15(5)24-25)11-21-19(13(2)3)20-22-17-8-7-14(4)10-18(17)23-20/h6-8,10,12-13,19,21H,1,9,11H2,2-5H3,(H,22,23)/t19-/m0/s1. The molecule has 1 atom stereocenters. The minimum absolute atomic E-state index is 0.162. The highest BCUT2D eigenvalue weighted by Gasteiger charge is 2.20. The van der Waals surface area contributed by atoms with Crippen LogP contribution < -0.4 is 5.32 Å². The van der Waals surface area contributed by atoms with Crippen LogP contribution in [0.15, 0.2) is 37.1 Å². The van der Waals surface area contributed by atoms with Crippen LogP contribution in [0.5, 0.6) is 0 Å². The van der Waals surface area contributed by atoms with Crippen molar-refractivity contribution in [1.29, 1.82) is 0 Å². The van der Waals surface area contributed by atoms with Gasteiger partial charge >= 0.3 is 0 Å². The Labute approximate surface area is 149 Å². The number of aryl methyl sites for hydroxylation is 2. The van der Waals surface area contributed by atoms with Crippen molar-refractivity contribution in [2.45, 2.75) is 46.8 Å². The van der Waals surface area contributed by atoms with Gasteiger partial charge in [-0.25, -0.2) is 4.98 Å². The van der Waals surface area contributed by atoms with Crippen molar-refractivity contribution in [3.63, 3.8) is 0 Å². The van der Waals surface area contributed by atoms with Crippen LogP contribution in [0.3, 0.4) is 0 Å². The molecule has 0 saturated carbocycles. The third-order valence-corrected chi connectivity index (χ3v) is 4.49. The third kappa shape index (κ3) is 3.82. The number of nitrogens with one attached hydrogen (secondary N) is 2. The third-order valence-electron chi connectivity index (χ3n) is 4.49. The molecule has 0 amide bonds. The molecule has 0 unspecified atom stereocenters. The molecule has 0 radical (unpaired) electrons. The number of allylic oxidation sites excluding steroid dienone is 1. The van der Waals surface area contributed by atoms with Crippen molar-refractivity contribution in [3.05, 3.63) is 59.7 Å². The van der Waals surface area contributed by atoms with Crippen molar-refractivity contribution in [2.75, 3.05) is 0 Å². The van der Waals surface area contributed by atoms with E-state index in [1.165, 1.54) is 11.1 Å². The Bertz CT molecular complexity index is 871. The van der Waals surface area contributed by atoms with Gasteiger partial charge in [0.1, 0.15) is 5.82 Å². The average Bonchev–Trinajstić information content (AvgIpc) is 3.11. The van der Waals surface area contributed by atoms with Crippen molar-refractivity contribution < 1.29 is 0 Å². The molecule has 3 aromatic rings. The normalized spacial score (nSPS) is 12.8. The zero-order valence-corrected chi connectivity index (χ0v) is 15.5. The smallest absolute Gasteiger partial charge is 0.124 e. The summed E-state index contributed by atoms with van der Waals surface area (Å²) in [5.41, 5.74) is 5.61. The first-order valence-corrected chi connectivity index (χ1v) is 8.81. The number of fused-ring (bicyclic) bond motifs is 1. The van der Waals surface area contributed by atoms with Crippen LogP contribution in [0.4, 0.5) is 0 Å². The van der Waals surface area contributed by atoms with E-state index in [2.05, 4.69) is 67.1 Å². The summed E-state index contributed by atoms with van der Waals surface area (Å²) in [6, 6.07) is 6.48. The predicted octanol–water partition coefficient (Wildman–Crippen LogP) is 4.05. The van der Waals surface area contributed by atoms with Gasteiger partial charge in [-0.15, -0.1) is 6.58 Å². The van der Waals surface area contributed by atoms with Gasteiger partial charge in [0.05, 0.1) is 29.3 Å². The predicted molar refractivity (Wildman–Crippen MR) is 102 cm³/mol. The molecule has 5 heteroatoms. The van der Waals surface area contributed by atoms with Gasteiger partial charge in [0.2, 0.25) is 0 Å². The summed E-state index contributed by atoms with van der Waals surface area (Å²) in [4.78, 5) is 8.28. The van der Waals surface area contributed by atoms with Crippen LogP contribution in [0, 0.1) is 19.8 Å². The summed E-state index contributed by atoms with van der Waals surface area (Å²) in [5, 5.41) is 8.17. The maximum Gasteiger partial charge on any atom is 0.124 e. The second-order valence-electron chi connectivity index (χ2n) is 7.00. The minimum Gasteiger partial charge on any atom is -0.341 e. The second kappa shape index (κ2) is 7.23. The molecular formula is C20H27N5. The highest BCUT2D eigenvalue weighted by molar-refractivity contribution is 5.75. The molecule has 25 heavy (non-hydrogen) atoms. The Hall–Kier alpha value is -2.40. The number of imidazole rings is 1. The van der Waals surface area contributed by atoms with Crippen LogP contribution >= 0.6 is 0 Å². The van der Waals surface area contributed by atoms with Gasteiger partial charge in [0.15, 0.2) is 0 Å². The van der Waals surface area contributed by atoms with E-state index in [0.29, 0.717) is 5.92 Å². The quantitative estimate of drug-likeness (QED) is 0.640. The van der Waals surface area contributed by atoms with Crippen molar-refractivity contribution in [2.24, 2.45) is 5.92 Å². The van der Waals surface area contributed by atoms with Crippen LogP contribution in [0.25, 0.3) is 11.0 Å². The largest absolute Gasteiger partial charge is 0.341 e. The van der Waals surface area contributed by atoms with Gasteiger partial charge in [-0.1, -0.05) is 26.0 Å². The lowest BCUT2D eigenvalue weighted by molar-refractivity contribution is 0.395. The summed E-state index contributed by atoms with van der Waals surface area (Å²) in [6.07, 6.45) is 3.94. The van der Waals surface area contributed by atoms with E-state index in [-0.39, 0.29) is 6.04 Å². The number of hydrogen-bond acceptors (Lipinski definition) is 3. The van der Waals surface area contributed by atoms with Crippen LogP contribution in [0.1, 0.15) is 42.5 Å². The Kier molecular flexibility index (Phi) is 5.04. The van der Waals surface area contributed by atoms with Crippen LogP contribution in [-0.4, -0.2) is 19.7 Å². The van der Waals surface area contributed by atoms with E-state index in [1.54, 1.807) is 0 Å². The molecule has 0 spiro atoms. The molecule has 0 fully saturated rings. The van der Waals surface area contributed by atoms with Gasteiger partial charge in [0.25, 0.3) is 0 Å². The van der Waals surface area contributed by atoms with E-state index < -0.39 is 0 Å². The average molecular weight is 337 g/mol. The number of aromatic amines is 1. The van der Waals surface area contributed by atoms with E-state index >= 15 is 0 Å². The van der Waals surface area contributed by atoms with E-state index in [0.717, 1.165) is 35.6 Å². The number of benzene rings is 1. The van der Waals surface area contributed by atoms with Gasteiger partial charge in [-0.2, -0.15) is 5.10 Å². The zero-order chi connectivity index (χ0) is 18.0. The maximum absolute atomic E-state index is 4.79. The number of rotatable bonds is 7. The fraction of sp³-hybridized carbons (Fsp3) is 0.400. The number of hydrogen-bond donors (Lipinski definition) is 2. The highest BCUT2D eigenvalue weighted by atomic mass is 15.3. The van der Waals surface area contributed by atoms with Gasteiger partial charge in [-0.05, 0) is 37.5 Å². The van der Waals surface area contributed by atoms with Gasteiger partial charge in [-0.3, -0.25) is 4.68 Å². The molecule has 3 rings (SSSR count). The second-order valence-corrected chi connectivity index (χ2v) is 7.00. The lowest BCUT2D eigenvalue weighted by Crippen LogP contribution is -2.26. The molecule has 0 aliphatic carbocycles. The van der Waals surface area contributed by atoms with E-state index in [4.69, 9.17) is 4.98 Å².